The number of carboxylic acids is 1. The van der Waals surface area contributed by atoms with E-state index in [1.54, 1.807) is 0 Å². The highest BCUT2D eigenvalue weighted by Gasteiger charge is 2.38. The summed E-state index contributed by atoms with van der Waals surface area (Å²) >= 11 is 0. The largest absolute Gasteiger partial charge is 0.481 e. The maximum Gasteiger partial charge on any atom is 0.313 e. The van der Waals surface area contributed by atoms with Crippen molar-refractivity contribution in [3.8, 4) is 0 Å². The van der Waals surface area contributed by atoms with Crippen LogP contribution >= 0.6 is 0 Å². The molecular formula is C8H14O3Si. The van der Waals surface area contributed by atoms with Crippen molar-refractivity contribution >= 4 is 19.8 Å². The van der Waals surface area contributed by atoms with Gasteiger partial charge in [0.25, 0.3) is 0 Å². The van der Waals surface area contributed by atoms with Gasteiger partial charge < -0.3 is 5.11 Å². The SMILES string of the molecule is C[Si]1(C)CCC(=O)C(C(=O)O)C1. The molecule has 1 aliphatic rings. The molecule has 0 spiro atoms. The van der Waals surface area contributed by atoms with Gasteiger partial charge in [-0.25, -0.2) is 0 Å². The molecule has 1 rings (SSSR count). The van der Waals surface area contributed by atoms with E-state index in [1.807, 2.05) is 0 Å². The highest BCUT2D eigenvalue weighted by atomic mass is 28.3. The maximum absolute atomic E-state index is 11.2. The summed E-state index contributed by atoms with van der Waals surface area (Å²) in [5.41, 5.74) is 0. The van der Waals surface area contributed by atoms with Gasteiger partial charge in [-0.1, -0.05) is 19.1 Å². The molecule has 1 heterocycles. The minimum atomic E-state index is -1.36. The van der Waals surface area contributed by atoms with Gasteiger partial charge in [-0.15, -0.1) is 0 Å². The van der Waals surface area contributed by atoms with Crippen LogP contribution in [0.4, 0.5) is 0 Å². The highest BCUT2D eigenvalue weighted by molar-refractivity contribution is 6.78. The molecule has 0 radical (unpaired) electrons. The number of aliphatic carboxylic acids is 1. The average Bonchev–Trinajstić information content (AvgIpc) is 1.94. The van der Waals surface area contributed by atoms with Crippen LogP contribution < -0.4 is 0 Å². The summed E-state index contributed by atoms with van der Waals surface area (Å²) in [6.07, 6.45) is 0.482. The van der Waals surface area contributed by atoms with E-state index in [1.165, 1.54) is 0 Å². The lowest BCUT2D eigenvalue weighted by atomic mass is 10.0. The molecule has 0 aliphatic carbocycles. The molecule has 0 aromatic heterocycles. The lowest BCUT2D eigenvalue weighted by Crippen LogP contribution is -2.40. The van der Waals surface area contributed by atoms with Crippen molar-refractivity contribution in [2.75, 3.05) is 0 Å². The van der Waals surface area contributed by atoms with E-state index in [2.05, 4.69) is 13.1 Å². The highest BCUT2D eigenvalue weighted by Crippen LogP contribution is 2.30. The first-order valence-electron chi connectivity index (χ1n) is 4.18. The van der Waals surface area contributed by atoms with Crippen LogP contribution in [0.2, 0.25) is 25.2 Å². The van der Waals surface area contributed by atoms with E-state index < -0.39 is 20.0 Å². The molecule has 1 N–H and O–H groups in total. The Morgan fingerprint density at radius 1 is 1.58 bits per heavy atom. The van der Waals surface area contributed by atoms with Gasteiger partial charge in [-0.05, 0) is 6.04 Å². The molecule has 0 saturated carbocycles. The Kier molecular flexibility index (Phi) is 2.37. The molecule has 4 heteroatoms. The number of hydrogen-bond acceptors (Lipinski definition) is 2. The molecule has 68 valence electrons. The Morgan fingerprint density at radius 2 is 2.17 bits per heavy atom. The summed E-state index contributed by atoms with van der Waals surface area (Å²) in [6, 6.07) is 1.58. The van der Waals surface area contributed by atoms with Gasteiger partial charge in [0.15, 0.2) is 0 Å². The Morgan fingerprint density at radius 3 is 2.58 bits per heavy atom. The number of carbonyl (C=O) groups is 2. The molecule has 1 saturated heterocycles. The van der Waals surface area contributed by atoms with E-state index in [0.29, 0.717) is 12.5 Å². The summed E-state index contributed by atoms with van der Waals surface area (Å²) in [7, 11) is -1.36. The Bertz CT molecular complexity index is 222. The molecule has 0 amide bonds. The van der Waals surface area contributed by atoms with E-state index in [9.17, 15) is 9.59 Å². The van der Waals surface area contributed by atoms with Crippen molar-refractivity contribution in [3.63, 3.8) is 0 Å². The quantitative estimate of drug-likeness (QED) is 0.497. The minimum Gasteiger partial charge on any atom is -0.481 e. The molecule has 3 nitrogen and oxygen atoms in total. The second-order valence-corrected chi connectivity index (χ2v) is 9.46. The average molecular weight is 186 g/mol. The predicted octanol–water partition coefficient (Wildman–Crippen LogP) is 1.37. The molecule has 0 aromatic carbocycles. The monoisotopic (exact) mass is 186 g/mol. The van der Waals surface area contributed by atoms with E-state index >= 15 is 0 Å². The van der Waals surface area contributed by atoms with Crippen molar-refractivity contribution in [2.45, 2.75) is 31.6 Å². The van der Waals surface area contributed by atoms with Crippen LogP contribution in [-0.4, -0.2) is 24.9 Å². The van der Waals surface area contributed by atoms with Gasteiger partial charge >= 0.3 is 5.97 Å². The number of carboxylic acid groups (broad SMARTS) is 1. The standard InChI is InChI=1S/C8H14O3Si/c1-12(2)4-3-7(9)6(5-12)8(10)11/h6H,3-5H2,1-2H3,(H,10,11). The molecule has 12 heavy (non-hydrogen) atoms. The van der Waals surface area contributed by atoms with E-state index in [0.717, 1.165) is 6.04 Å². The van der Waals surface area contributed by atoms with E-state index in [-0.39, 0.29) is 5.78 Å². The van der Waals surface area contributed by atoms with Crippen molar-refractivity contribution < 1.29 is 14.7 Å². The van der Waals surface area contributed by atoms with Gasteiger partial charge in [0, 0.05) is 14.5 Å². The van der Waals surface area contributed by atoms with Crippen LogP contribution in [0.1, 0.15) is 6.42 Å². The van der Waals surface area contributed by atoms with Gasteiger partial charge in [-0.3, -0.25) is 9.59 Å². The van der Waals surface area contributed by atoms with Gasteiger partial charge in [0.2, 0.25) is 0 Å². The van der Waals surface area contributed by atoms with Crippen LogP contribution in [0.25, 0.3) is 0 Å². The second-order valence-electron chi connectivity index (χ2n) is 4.23. The Labute approximate surface area is 72.8 Å². The van der Waals surface area contributed by atoms with Crippen LogP contribution in [0.15, 0.2) is 0 Å². The number of Topliss-reactive ketones (excluding diaryl/α,β-unsaturated/α-hetero) is 1. The van der Waals surface area contributed by atoms with Crippen LogP contribution in [-0.2, 0) is 9.59 Å². The van der Waals surface area contributed by atoms with Crippen LogP contribution in [0, 0.1) is 5.92 Å². The first-order valence-corrected chi connectivity index (χ1v) is 7.59. The normalized spacial score (nSPS) is 28.5. The maximum atomic E-state index is 11.2. The first-order chi connectivity index (χ1) is 5.42. The summed E-state index contributed by atoms with van der Waals surface area (Å²) in [5.74, 6) is -1.70. The van der Waals surface area contributed by atoms with Gasteiger partial charge in [0.05, 0.1) is 0 Å². The van der Waals surface area contributed by atoms with E-state index in [4.69, 9.17) is 5.11 Å². The second kappa shape index (κ2) is 3.01. The zero-order chi connectivity index (χ0) is 9.35. The van der Waals surface area contributed by atoms with Crippen molar-refractivity contribution in [1.82, 2.24) is 0 Å². The zero-order valence-electron chi connectivity index (χ0n) is 7.46. The molecule has 1 aliphatic heterocycles. The third-order valence-corrected chi connectivity index (χ3v) is 5.61. The fourth-order valence-corrected chi connectivity index (χ4v) is 4.26. The number of carbonyl (C=O) groups excluding carboxylic acids is 1. The van der Waals surface area contributed by atoms with Crippen molar-refractivity contribution in [1.29, 1.82) is 0 Å². The molecule has 0 bridgehead atoms. The molecule has 1 atom stereocenters. The summed E-state index contributed by atoms with van der Waals surface area (Å²) < 4.78 is 0. The fraction of sp³-hybridized carbons (Fsp3) is 0.750. The lowest BCUT2D eigenvalue weighted by Gasteiger charge is -2.30. The zero-order valence-corrected chi connectivity index (χ0v) is 8.46. The van der Waals surface area contributed by atoms with Crippen LogP contribution in [0.5, 0.6) is 0 Å². The Balaban J connectivity index is 2.72. The molecule has 1 fully saturated rings. The third kappa shape index (κ3) is 1.94. The third-order valence-electron chi connectivity index (χ3n) is 2.49. The summed E-state index contributed by atoms with van der Waals surface area (Å²) in [6.45, 7) is 4.30. The summed E-state index contributed by atoms with van der Waals surface area (Å²) in [4.78, 5) is 21.8. The Hall–Kier alpha value is -0.643. The molecule has 0 aromatic rings. The minimum absolute atomic E-state index is 0.0747. The fourth-order valence-electron chi connectivity index (χ4n) is 1.63. The number of hydrogen-bond donors (Lipinski definition) is 1. The smallest absolute Gasteiger partial charge is 0.313 e. The van der Waals surface area contributed by atoms with Gasteiger partial charge in [0.1, 0.15) is 11.7 Å². The van der Waals surface area contributed by atoms with Crippen LogP contribution in [0.3, 0.4) is 0 Å². The van der Waals surface area contributed by atoms with Gasteiger partial charge in [-0.2, -0.15) is 0 Å². The topological polar surface area (TPSA) is 54.4 Å². The summed E-state index contributed by atoms with van der Waals surface area (Å²) in [5, 5.41) is 8.74. The van der Waals surface area contributed by atoms with Crippen molar-refractivity contribution in [2.24, 2.45) is 5.92 Å². The predicted molar refractivity (Wildman–Crippen MR) is 47.8 cm³/mol. The first kappa shape index (κ1) is 9.44. The molecule has 1 unspecified atom stereocenters. The number of rotatable bonds is 1. The number of ketones is 1. The van der Waals surface area contributed by atoms with Crippen molar-refractivity contribution in [3.05, 3.63) is 0 Å². The molecular weight excluding hydrogens is 172 g/mol. The lowest BCUT2D eigenvalue weighted by molar-refractivity contribution is -0.145.